The van der Waals surface area contributed by atoms with Crippen LogP contribution in [0.25, 0.3) is 0 Å². The molecule has 1 fully saturated rings. The van der Waals surface area contributed by atoms with E-state index < -0.39 is 12.1 Å². The molecule has 6 nitrogen and oxygen atoms in total. The summed E-state index contributed by atoms with van der Waals surface area (Å²) >= 11 is 1.28. The Kier molecular flexibility index (Phi) is 3.73. The number of carbonyl (C=O) groups excluding carboxylic acids is 1. The normalized spacial score (nSPS) is 21.5. The van der Waals surface area contributed by atoms with Crippen LogP contribution in [-0.4, -0.2) is 36.3 Å². The van der Waals surface area contributed by atoms with Gasteiger partial charge in [-0.15, -0.1) is 11.3 Å². The number of thiophene rings is 1. The van der Waals surface area contributed by atoms with Gasteiger partial charge < -0.3 is 19.9 Å². The van der Waals surface area contributed by atoms with Crippen LogP contribution in [0.15, 0.2) is 0 Å². The minimum Gasteiger partial charge on any atom is -0.478 e. The minimum atomic E-state index is -1.01. The van der Waals surface area contributed by atoms with Gasteiger partial charge in [-0.05, 0) is 24.8 Å². The maximum atomic E-state index is 12.0. The molecular weight excluding hydrogens is 282 g/mol. The van der Waals surface area contributed by atoms with Crippen molar-refractivity contribution in [2.45, 2.75) is 32.0 Å². The van der Waals surface area contributed by atoms with Gasteiger partial charge in [0.15, 0.2) is 0 Å². The highest BCUT2D eigenvalue weighted by molar-refractivity contribution is 7.17. The third kappa shape index (κ3) is 2.44. The molecule has 1 unspecified atom stereocenters. The molecule has 0 bridgehead atoms. The smallest absolute Gasteiger partial charge is 0.339 e. The maximum Gasteiger partial charge on any atom is 0.339 e. The number of aromatic carboxylic acids is 1. The molecular formula is C13H15NO5S. The van der Waals surface area contributed by atoms with Crippen LogP contribution in [0, 0.1) is 0 Å². The van der Waals surface area contributed by atoms with E-state index in [-0.39, 0.29) is 11.5 Å². The van der Waals surface area contributed by atoms with E-state index in [4.69, 9.17) is 9.47 Å². The molecule has 1 aromatic heterocycles. The van der Waals surface area contributed by atoms with Gasteiger partial charge >= 0.3 is 5.97 Å². The van der Waals surface area contributed by atoms with Crippen LogP contribution < -0.4 is 5.32 Å². The molecule has 2 aliphatic heterocycles. The van der Waals surface area contributed by atoms with Crippen LogP contribution in [0.3, 0.4) is 0 Å². The van der Waals surface area contributed by atoms with Crippen LogP contribution in [0.5, 0.6) is 0 Å². The number of ether oxygens (including phenoxy) is 2. The highest BCUT2D eigenvalue weighted by atomic mass is 32.1. The molecule has 0 spiro atoms. The molecule has 3 heterocycles. The number of hydrogen-bond acceptors (Lipinski definition) is 5. The van der Waals surface area contributed by atoms with Gasteiger partial charge in [0.1, 0.15) is 11.1 Å². The van der Waals surface area contributed by atoms with Crippen molar-refractivity contribution < 1.29 is 24.2 Å². The zero-order chi connectivity index (χ0) is 14.1. The van der Waals surface area contributed by atoms with Crippen LogP contribution in [0.2, 0.25) is 0 Å². The number of fused-ring (bicyclic) bond motifs is 1. The van der Waals surface area contributed by atoms with E-state index in [1.807, 2.05) is 0 Å². The molecule has 3 rings (SSSR count). The van der Waals surface area contributed by atoms with Crippen LogP contribution >= 0.6 is 11.3 Å². The molecule has 7 heteroatoms. The lowest BCUT2D eigenvalue weighted by atomic mass is 10.1. The molecule has 20 heavy (non-hydrogen) atoms. The summed E-state index contributed by atoms with van der Waals surface area (Å²) in [5.74, 6) is -1.27. The quantitative estimate of drug-likeness (QED) is 0.886. The fourth-order valence-electron chi connectivity index (χ4n) is 2.52. The number of carboxylic acid groups (broad SMARTS) is 1. The molecule has 0 aliphatic carbocycles. The number of rotatable bonds is 3. The van der Waals surface area contributed by atoms with E-state index in [1.165, 1.54) is 11.3 Å². The van der Waals surface area contributed by atoms with E-state index >= 15 is 0 Å². The Balaban J connectivity index is 1.86. The Morgan fingerprint density at radius 2 is 2.20 bits per heavy atom. The van der Waals surface area contributed by atoms with Crippen molar-refractivity contribution in [2.75, 3.05) is 18.5 Å². The summed E-state index contributed by atoms with van der Waals surface area (Å²) in [5.41, 5.74) is 0.996. The Morgan fingerprint density at radius 1 is 1.35 bits per heavy atom. The topological polar surface area (TPSA) is 84.9 Å². The number of carbonyl (C=O) groups is 2. The van der Waals surface area contributed by atoms with E-state index in [9.17, 15) is 14.7 Å². The van der Waals surface area contributed by atoms with Crippen molar-refractivity contribution >= 4 is 28.2 Å². The largest absolute Gasteiger partial charge is 0.478 e. The number of anilines is 1. The van der Waals surface area contributed by atoms with Gasteiger partial charge in [0.05, 0.1) is 18.8 Å². The van der Waals surface area contributed by atoms with Gasteiger partial charge in [0.2, 0.25) is 0 Å². The van der Waals surface area contributed by atoms with Gasteiger partial charge in [-0.25, -0.2) is 4.79 Å². The number of hydrogen-bond donors (Lipinski definition) is 2. The number of amides is 1. The first-order chi connectivity index (χ1) is 9.66. The molecule has 1 amide bonds. The summed E-state index contributed by atoms with van der Waals surface area (Å²) in [7, 11) is 0. The summed E-state index contributed by atoms with van der Waals surface area (Å²) in [6, 6.07) is 0. The standard InChI is InChI=1S/C13H15NO5S/c15-11(8-2-1-4-19-8)14-12-10(13(16)17)7-3-5-18-6-9(7)20-12/h8H,1-6H2,(H,14,15)(H,16,17). The van der Waals surface area contributed by atoms with Gasteiger partial charge in [-0.2, -0.15) is 0 Å². The van der Waals surface area contributed by atoms with Crippen molar-refractivity contribution in [2.24, 2.45) is 0 Å². The average Bonchev–Trinajstić information content (AvgIpc) is 3.05. The Morgan fingerprint density at radius 3 is 2.90 bits per heavy atom. The third-order valence-electron chi connectivity index (χ3n) is 3.49. The van der Waals surface area contributed by atoms with Gasteiger partial charge in [0, 0.05) is 11.5 Å². The summed E-state index contributed by atoms with van der Waals surface area (Å²) in [5, 5.41) is 12.5. The highest BCUT2D eigenvalue weighted by Crippen LogP contribution is 2.36. The Bertz CT molecular complexity index is 547. The summed E-state index contributed by atoms with van der Waals surface area (Å²) in [6.07, 6.45) is 1.65. The van der Waals surface area contributed by atoms with Crippen molar-refractivity contribution in [3.63, 3.8) is 0 Å². The van der Waals surface area contributed by atoms with Crippen LogP contribution in [-0.2, 0) is 27.3 Å². The molecule has 1 saturated heterocycles. The Hall–Kier alpha value is -1.44. The molecule has 1 aromatic rings. The van der Waals surface area contributed by atoms with E-state index in [0.717, 1.165) is 16.9 Å². The van der Waals surface area contributed by atoms with Crippen molar-refractivity contribution in [3.05, 3.63) is 16.0 Å². The predicted octanol–water partition coefficient (Wildman–Crippen LogP) is 1.64. The predicted molar refractivity (Wildman–Crippen MR) is 72.2 cm³/mol. The second kappa shape index (κ2) is 5.51. The lowest BCUT2D eigenvalue weighted by Gasteiger charge is -2.12. The van der Waals surface area contributed by atoms with E-state index in [1.54, 1.807) is 0 Å². The Labute approximate surface area is 119 Å². The zero-order valence-electron chi connectivity index (χ0n) is 10.8. The van der Waals surface area contributed by atoms with E-state index in [2.05, 4.69) is 5.32 Å². The molecule has 0 saturated carbocycles. The number of nitrogens with one attached hydrogen (secondary N) is 1. The first kappa shape index (κ1) is 13.5. The van der Waals surface area contributed by atoms with Crippen LogP contribution in [0.4, 0.5) is 5.00 Å². The van der Waals surface area contributed by atoms with Crippen molar-refractivity contribution in [1.29, 1.82) is 0 Å². The van der Waals surface area contributed by atoms with Gasteiger partial charge in [-0.1, -0.05) is 0 Å². The van der Waals surface area contributed by atoms with Crippen LogP contribution in [0.1, 0.15) is 33.6 Å². The summed E-state index contributed by atoms with van der Waals surface area (Å²) in [6.45, 7) is 1.51. The van der Waals surface area contributed by atoms with Crippen molar-refractivity contribution in [1.82, 2.24) is 0 Å². The van der Waals surface area contributed by atoms with Crippen molar-refractivity contribution in [3.8, 4) is 0 Å². The highest BCUT2D eigenvalue weighted by Gasteiger charge is 2.29. The zero-order valence-corrected chi connectivity index (χ0v) is 11.6. The first-order valence-electron chi connectivity index (χ1n) is 6.55. The molecule has 0 radical (unpaired) electrons. The maximum absolute atomic E-state index is 12.0. The molecule has 108 valence electrons. The second-order valence-corrected chi connectivity index (χ2v) is 5.91. The summed E-state index contributed by atoms with van der Waals surface area (Å²) < 4.78 is 10.6. The monoisotopic (exact) mass is 297 g/mol. The fraction of sp³-hybridized carbons (Fsp3) is 0.538. The first-order valence-corrected chi connectivity index (χ1v) is 7.36. The summed E-state index contributed by atoms with van der Waals surface area (Å²) in [4.78, 5) is 24.4. The molecule has 2 aliphatic rings. The lowest BCUT2D eigenvalue weighted by Crippen LogP contribution is -2.27. The molecule has 2 N–H and O–H groups in total. The van der Waals surface area contributed by atoms with E-state index in [0.29, 0.717) is 37.7 Å². The van der Waals surface area contributed by atoms with Gasteiger partial charge in [0.25, 0.3) is 5.91 Å². The minimum absolute atomic E-state index is 0.208. The number of carboxylic acids is 1. The third-order valence-corrected chi connectivity index (χ3v) is 4.61. The fourth-order valence-corrected chi connectivity index (χ4v) is 3.70. The molecule has 1 atom stereocenters. The molecule has 0 aromatic carbocycles. The lowest BCUT2D eigenvalue weighted by molar-refractivity contribution is -0.124. The SMILES string of the molecule is O=C(O)c1c(NC(=O)C2CCCO2)sc2c1CCOC2. The second-order valence-electron chi connectivity index (χ2n) is 4.81. The average molecular weight is 297 g/mol. The van der Waals surface area contributed by atoms with Gasteiger partial charge in [-0.3, -0.25) is 4.79 Å².